The summed E-state index contributed by atoms with van der Waals surface area (Å²) in [6.45, 7) is 10.8. The summed E-state index contributed by atoms with van der Waals surface area (Å²) in [5.74, 6) is 0. The standard InChI is InChI=1S/C14H18N2.C2H6/c1-10(2)16-8-7-12-11-5-3-4-6-13(11)15-14(12)9-16;1-2/h3-6,10,15H,7-9H2,1-2H3;1-2H3. The fourth-order valence-corrected chi connectivity index (χ4v) is 2.65. The van der Waals surface area contributed by atoms with Crippen molar-refractivity contribution in [3.05, 3.63) is 35.5 Å². The van der Waals surface area contributed by atoms with Crippen molar-refractivity contribution < 1.29 is 0 Å². The van der Waals surface area contributed by atoms with E-state index in [2.05, 4.69) is 48.0 Å². The van der Waals surface area contributed by atoms with Crippen LogP contribution in [0.25, 0.3) is 10.9 Å². The molecule has 0 unspecified atom stereocenters. The van der Waals surface area contributed by atoms with Crippen LogP contribution in [0, 0.1) is 0 Å². The summed E-state index contributed by atoms with van der Waals surface area (Å²) in [7, 11) is 0. The van der Waals surface area contributed by atoms with Gasteiger partial charge in [-0.05, 0) is 31.9 Å². The van der Waals surface area contributed by atoms with Gasteiger partial charge in [-0.2, -0.15) is 0 Å². The van der Waals surface area contributed by atoms with Crippen molar-refractivity contribution >= 4 is 10.9 Å². The molecule has 0 saturated carbocycles. The van der Waals surface area contributed by atoms with Gasteiger partial charge in [-0.3, -0.25) is 4.90 Å². The van der Waals surface area contributed by atoms with Gasteiger partial charge in [0.1, 0.15) is 0 Å². The number of aromatic amines is 1. The van der Waals surface area contributed by atoms with E-state index < -0.39 is 0 Å². The van der Waals surface area contributed by atoms with E-state index in [1.165, 1.54) is 35.1 Å². The van der Waals surface area contributed by atoms with Gasteiger partial charge in [0.2, 0.25) is 0 Å². The molecule has 0 spiro atoms. The highest BCUT2D eigenvalue weighted by Crippen LogP contribution is 2.27. The van der Waals surface area contributed by atoms with E-state index >= 15 is 0 Å². The number of nitrogens with one attached hydrogen (secondary N) is 1. The zero-order chi connectivity index (χ0) is 13.1. The number of hydrogen-bond acceptors (Lipinski definition) is 1. The first-order valence-corrected chi connectivity index (χ1v) is 7.08. The van der Waals surface area contributed by atoms with Crippen LogP contribution in [0.2, 0.25) is 0 Å². The minimum absolute atomic E-state index is 0.638. The Morgan fingerprint density at radius 1 is 1.17 bits per heavy atom. The Labute approximate surface area is 110 Å². The largest absolute Gasteiger partial charge is 0.357 e. The quantitative estimate of drug-likeness (QED) is 0.804. The van der Waals surface area contributed by atoms with Gasteiger partial charge in [0.15, 0.2) is 0 Å². The van der Waals surface area contributed by atoms with Crippen LogP contribution < -0.4 is 0 Å². The molecule has 18 heavy (non-hydrogen) atoms. The molecule has 2 nitrogen and oxygen atoms in total. The monoisotopic (exact) mass is 244 g/mol. The first kappa shape index (κ1) is 13.2. The van der Waals surface area contributed by atoms with E-state index in [9.17, 15) is 0 Å². The maximum atomic E-state index is 3.56. The highest BCUT2D eigenvalue weighted by Gasteiger charge is 2.21. The molecule has 0 amide bonds. The second kappa shape index (κ2) is 5.57. The lowest BCUT2D eigenvalue weighted by Crippen LogP contribution is -2.35. The molecule has 0 saturated heterocycles. The van der Waals surface area contributed by atoms with Crippen molar-refractivity contribution in [3.8, 4) is 0 Å². The summed E-state index contributed by atoms with van der Waals surface area (Å²) in [6, 6.07) is 9.28. The SMILES string of the molecule is CC.CC(C)N1CCc2c([nH]c3ccccc23)C1. The Bertz CT molecular complexity index is 511. The molecule has 1 N–H and O–H groups in total. The summed E-state index contributed by atoms with van der Waals surface area (Å²) >= 11 is 0. The molecular formula is C16H24N2. The molecule has 1 aliphatic rings. The molecule has 0 radical (unpaired) electrons. The first-order chi connectivity index (χ1) is 8.75. The Balaban J connectivity index is 0.000000574. The van der Waals surface area contributed by atoms with Crippen LogP contribution in [0.5, 0.6) is 0 Å². The van der Waals surface area contributed by atoms with Crippen molar-refractivity contribution in [2.24, 2.45) is 0 Å². The normalized spacial score (nSPS) is 15.4. The number of nitrogens with zero attached hydrogens (tertiary/aromatic N) is 1. The number of hydrogen-bond donors (Lipinski definition) is 1. The van der Waals surface area contributed by atoms with Crippen LogP contribution in [0.4, 0.5) is 0 Å². The maximum absolute atomic E-state index is 3.56. The first-order valence-electron chi connectivity index (χ1n) is 7.08. The van der Waals surface area contributed by atoms with Crippen LogP contribution in [0.3, 0.4) is 0 Å². The smallest absolute Gasteiger partial charge is 0.0459 e. The molecule has 98 valence electrons. The van der Waals surface area contributed by atoms with Gasteiger partial charge < -0.3 is 4.98 Å². The molecule has 0 bridgehead atoms. The second-order valence-electron chi connectivity index (χ2n) is 4.94. The predicted octanol–water partition coefficient (Wildman–Crippen LogP) is 3.96. The second-order valence-corrected chi connectivity index (χ2v) is 4.94. The third kappa shape index (κ3) is 2.30. The predicted molar refractivity (Wildman–Crippen MR) is 78.9 cm³/mol. The van der Waals surface area contributed by atoms with E-state index in [4.69, 9.17) is 0 Å². The molecule has 0 aliphatic carbocycles. The highest BCUT2D eigenvalue weighted by atomic mass is 15.2. The molecule has 1 aromatic carbocycles. The van der Waals surface area contributed by atoms with Crippen LogP contribution in [0.1, 0.15) is 39.0 Å². The van der Waals surface area contributed by atoms with E-state index in [0.29, 0.717) is 6.04 Å². The van der Waals surface area contributed by atoms with Gasteiger partial charge in [-0.15, -0.1) is 0 Å². The Morgan fingerprint density at radius 3 is 2.61 bits per heavy atom. The molecule has 2 heteroatoms. The van der Waals surface area contributed by atoms with Gasteiger partial charge in [-0.1, -0.05) is 32.0 Å². The Morgan fingerprint density at radius 2 is 1.89 bits per heavy atom. The summed E-state index contributed by atoms with van der Waals surface area (Å²) in [5.41, 5.74) is 4.24. The molecule has 2 aromatic rings. The zero-order valence-corrected chi connectivity index (χ0v) is 12.0. The average molecular weight is 244 g/mol. The zero-order valence-electron chi connectivity index (χ0n) is 12.0. The van der Waals surface area contributed by atoms with Crippen molar-refractivity contribution in [1.29, 1.82) is 0 Å². The number of fused-ring (bicyclic) bond motifs is 3. The number of H-pyrrole nitrogens is 1. The molecule has 1 aromatic heterocycles. The topological polar surface area (TPSA) is 19.0 Å². The molecule has 0 atom stereocenters. The Hall–Kier alpha value is -1.28. The average Bonchev–Trinajstić information content (AvgIpc) is 2.78. The van der Waals surface area contributed by atoms with E-state index in [0.717, 1.165) is 6.54 Å². The number of aromatic nitrogens is 1. The molecule has 0 fully saturated rings. The van der Waals surface area contributed by atoms with Crippen LogP contribution in [0.15, 0.2) is 24.3 Å². The van der Waals surface area contributed by atoms with Gasteiger partial charge in [0.25, 0.3) is 0 Å². The van der Waals surface area contributed by atoms with E-state index in [1.54, 1.807) is 0 Å². The van der Waals surface area contributed by atoms with Gasteiger partial charge in [0, 0.05) is 35.7 Å². The fourth-order valence-electron chi connectivity index (χ4n) is 2.65. The Kier molecular flexibility index (Phi) is 4.07. The third-order valence-corrected chi connectivity index (χ3v) is 3.64. The van der Waals surface area contributed by atoms with Crippen molar-refractivity contribution in [3.63, 3.8) is 0 Å². The minimum atomic E-state index is 0.638. The lowest BCUT2D eigenvalue weighted by Gasteiger charge is -2.30. The van der Waals surface area contributed by atoms with Gasteiger partial charge >= 0.3 is 0 Å². The molecule has 2 heterocycles. The number of benzene rings is 1. The summed E-state index contributed by atoms with van der Waals surface area (Å²) in [5, 5.41) is 1.42. The lowest BCUT2D eigenvalue weighted by molar-refractivity contribution is 0.201. The molecule has 3 rings (SSSR count). The summed E-state index contributed by atoms with van der Waals surface area (Å²) < 4.78 is 0. The maximum Gasteiger partial charge on any atom is 0.0459 e. The molecular weight excluding hydrogens is 220 g/mol. The van der Waals surface area contributed by atoms with Crippen LogP contribution in [-0.4, -0.2) is 22.5 Å². The fraction of sp³-hybridized carbons (Fsp3) is 0.500. The summed E-state index contributed by atoms with van der Waals surface area (Å²) in [4.78, 5) is 6.08. The number of rotatable bonds is 1. The minimum Gasteiger partial charge on any atom is -0.357 e. The van der Waals surface area contributed by atoms with E-state index in [1.807, 2.05) is 13.8 Å². The third-order valence-electron chi connectivity index (χ3n) is 3.64. The van der Waals surface area contributed by atoms with E-state index in [-0.39, 0.29) is 0 Å². The van der Waals surface area contributed by atoms with Crippen molar-refractivity contribution in [1.82, 2.24) is 9.88 Å². The van der Waals surface area contributed by atoms with Crippen molar-refractivity contribution in [2.75, 3.05) is 6.54 Å². The van der Waals surface area contributed by atoms with Gasteiger partial charge in [-0.25, -0.2) is 0 Å². The van der Waals surface area contributed by atoms with Crippen molar-refractivity contribution in [2.45, 2.75) is 46.7 Å². The van der Waals surface area contributed by atoms with Crippen LogP contribution in [-0.2, 0) is 13.0 Å². The lowest BCUT2D eigenvalue weighted by atomic mass is 10.0. The molecule has 1 aliphatic heterocycles. The summed E-state index contributed by atoms with van der Waals surface area (Å²) in [6.07, 6.45) is 1.18. The highest BCUT2D eigenvalue weighted by molar-refractivity contribution is 5.84. The van der Waals surface area contributed by atoms with Gasteiger partial charge in [0.05, 0.1) is 0 Å². The number of para-hydroxylation sites is 1. The van der Waals surface area contributed by atoms with Crippen LogP contribution >= 0.6 is 0 Å².